The zero-order valence-corrected chi connectivity index (χ0v) is 7.33. The molecule has 0 N–H and O–H groups in total. The SMILES string of the molecule is C=C(C)C(=O)OC.[O]CC1CO1. The topological polar surface area (TPSA) is 58.7 Å². The van der Waals surface area contributed by atoms with Gasteiger partial charge in [-0.15, -0.1) is 0 Å². The van der Waals surface area contributed by atoms with Gasteiger partial charge in [0.1, 0.15) is 12.7 Å². The molecule has 12 heavy (non-hydrogen) atoms. The predicted octanol–water partition coefficient (Wildman–Crippen LogP) is 0.551. The molecule has 0 amide bonds. The van der Waals surface area contributed by atoms with Crippen LogP contribution in [0.5, 0.6) is 0 Å². The molecule has 4 heteroatoms. The van der Waals surface area contributed by atoms with E-state index in [-0.39, 0.29) is 18.7 Å². The first-order chi connectivity index (χ1) is 5.61. The molecule has 0 aliphatic carbocycles. The molecule has 1 aliphatic rings. The molecule has 0 bridgehead atoms. The van der Waals surface area contributed by atoms with E-state index in [1.165, 1.54) is 7.11 Å². The molecular formula is C8H13O4. The third-order valence-corrected chi connectivity index (χ3v) is 1.12. The molecule has 1 atom stereocenters. The lowest BCUT2D eigenvalue weighted by atomic mass is 10.4. The molecule has 0 aromatic carbocycles. The highest BCUT2D eigenvalue weighted by atomic mass is 16.6. The second kappa shape index (κ2) is 5.74. The largest absolute Gasteiger partial charge is 0.466 e. The van der Waals surface area contributed by atoms with E-state index in [2.05, 4.69) is 16.1 Å². The van der Waals surface area contributed by atoms with Crippen LogP contribution in [0.25, 0.3) is 0 Å². The summed E-state index contributed by atoms with van der Waals surface area (Å²) in [6, 6.07) is 0. The molecule has 1 radical (unpaired) electrons. The zero-order chi connectivity index (χ0) is 9.56. The number of hydrogen-bond acceptors (Lipinski definition) is 3. The number of hydrogen-bond donors (Lipinski definition) is 0. The Balaban J connectivity index is 0.000000211. The lowest BCUT2D eigenvalue weighted by Crippen LogP contribution is -1.98. The first kappa shape index (κ1) is 11.1. The monoisotopic (exact) mass is 173 g/mol. The average Bonchev–Trinajstić information content (AvgIpc) is 2.86. The molecule has 1 heterocycles. The van der Waals surface area contributed by atoms with Gasteiger partial charge in [0, 0.05) is 5.57 Å². The summed E-state index contributed by atoms with van der Waals surface area (Å²) < 4.78 is 8.82. The predicted molar refractivity (Wildman–Crippen MR) is 42.1 cm³/mol. The Labute approximate surface area is 71.8 Å². The number of carbonyl (C=O) groups excluding carboxylic acids is 1. The normalized spacial score (nSPS) is 18.8. The fourth-order valence-electron chi connectivity index (χ4n) is 0.338. The van der Waals surface area contributed by atoms with Gasteiger partial charge in [0.25, 0.3) is 0 Å². The summed E-state index contributed by atoms with van der Waals surface area (Å²) >= 11 is 0. The maximum absolute atomic E-state index is 10.2. The van der Waals surface area contributed by atoms with E-state index < -0.39 is 0 Å². The van der Waals surface area contributed by atoms with Crippen molar-refractivity contribution in [3.63, 3.8) is 0 Å². The summed E-state index contributed by atoms with van der Waals surface area (Å²) in [4.78, 5) is 10.2. The van der Waals surface area contributed by atoms with Crippen LogP contribution in [0.4, 0.5) is 0 Å². The summed E-state index contributed by atoms with van der Waals surface area (Å²) in [5.41, 5.74) is 0.433. The van der Waals surface area contributed by atoms with Gasteiger partial charge in [0.05, 0.1) is 13.7 Å². The van der Waals surface area contributed by atoms with Crippen LogP contribution < -0.4 is 0 Å². The van der Waals surface area contributed by atoms with E-state index in [9.17, 15) is 9.90 Å². The summed E-state index contributed by atoms with van der Waals surface area (Å²) in [7, 11) is 1.33. The highest BCUT2D eigenvalue weighted by Gasteiger charge is 2.20. The maximum atomic E-state index is 10.2. The molecule has 0 aromatic heterocycles. The number of rotatable bonds is 2. The summed E-state index contributed by atoms with van der Waals surface area (Å²) in [6.45, 7) is 5.60. The van der Waals surface area contributed by atoms with E-state index in [0.717, 1.165) is 0 Å². The van der Waals surface area contributed by atoms with E-state index in [1.807, 2.05) is 0 Å². The third kappa shape index (κ3) is 5.88. The average molecular weight is 173 g/mol. The zero-order valence-electron chi connectivity index (χ0n) is 7.33. The third-order valence-electron chi connectivity index (χ3n) is 1.12. The van der Waals surface area contributed by atoms with Crippen LogP contribution in [0, 0.1) is 0 Å². The minimum absolute atomic E-state index is 0.0556. The fourth-order valence-corrected chi connectivity index (χ4v) is 0.338. The summed E-state index contributed by atoms with van der Waals surface area (Å²) in [5.74, 6) is -0.347. The van der Waals surface area contributed by atoms with Gasteiger partial charge in [-0.1, -0.05) is 6.58 Å². The standard InChI is InChI=1S/C5H8O2.C3H5O2/c1-4(2)5(6)7-3;4-1-3-2-5-3/h1H2,2-3H3;3H,1-2H2. The lowest BCUT2D eigenvalue weighted by Gasteiger charge is -1.91. The molecule has 0 saturated carbocycles. The van der Waals surface area contributed by atoms with Crippen LogP contribution >= 0.6 is 0 Å². The summed E-state index contributed by atoms with van der Waals surface area (Å²) in [6.07, 6.45) is 0.0787. The van der Waals surface area contributed by atoms with Gasteiger partial charge in [0.15, 0.2) is 0 Å². The second-order valence-corrected chi connectivity index (χ2v) is 2.39. The minimum atomic E-state index is -0.347. The van der Waals surface area contributed by atoms with Gasteiger partial charge < -0.3 is 9.47 Å². The number of ether oxygens (including phenoxy) is 2. The van der Waals surface area contributed by atoms with Crippen molar-refractivity contribution in [1.29, 1.82) is 0 Å². The molecule has 69 valence electrons. The van der Waals surface area contributed by atoms with Crippen molar-refractivity contribution >= 4 is 5.97 Å². The number of esters is 1. The highest BCUT2D eigenvalue weighted by molar-refractivity contribution is 5.86. The molecule has 1 rings (SSSR count). The second-order valence-electron chi connectivity index (χ2n) is 2.39. The number of carbonyl (C=O) groups is 1. The molecular weight excluding hydrogens is 160 g/mol. The van der Waals surface area contributed by atoms with Crippen molar-refractivity contribution in [3.05, 3.63) is 12.2 Å². The lowest BCUT2D eigenvalue weighted by molar-refractivity contribution is -0.136. The number of epoxide rings is 1. The van der Waals surface area contributed by atoms with Crippen LogP contribution in [-0.2, 0) is 19.4 Å². The highest BCUT2D eigenvalue weighted by Crippen LogP contribution is 2.05. The van der Waals surface area contributed by atoms with E-state index in [4.69, 9.17) is 0 Å². The van der Waals surface area contributed by atoms with Crippen molar-refractivity contribution < 1.29 is 19.4 Å². The quantitative estimate of drug-likeness (QED) is 0.348. The van der Waals surface area contributed by atoms with E-state index in [0.29, 0.717) is 12.2 Å². The van der Waals surface area contributed by atoms with Gasteiger partial charge in [0.2, 0.25) is 0 Å². The van der Waals surface area contributed by atoms with Gasteiger partial charge in [-0.25, -0.2) is 9.90 Å². The van der Waals surface area contributed by atoms with Gasteiger partial charge >= 0.3 is 5.97 Å². The molecule has 1 aliphatic heterocycles. The minimum Gasteiger partial charge on any atom is -0.466 e. The van der Waals surface area contributed by atoms with Gasteiger partial charge in [-0.05, 0) is 6.92 Å². The van der Waals surface area contributed by atoms with Gasteiger partial charge in [-0.3, -0.25) is 0 Å². The van der Waals surface area contributed by atoms with Crippen LogP contribution in [0.2, 0.25) is 0 Å². The molecule has 0 aromatic rings. The Morgan fingerprint density at radius 2 is 2.25 bits per heavy atom. The Morgan fingerprint density at radius 1 is 1.75 bits per heavy atom. The number of methoxy groups -OCH3 is 1. The van der Waals surface area contributed by atoms with Crippen molar-refractivity contribution in [3.8, 4) is 0 Å². The summed E-state index contributed by atoms with van der Waals surface area (Å²) in [5, 5.41) is 9.57. The van der Waals surface area contributed by atoms with Crippen LogP contribution in [0.15, 0.2) is 12.2 Å². The van der Waals surface area contributed by atoms with Crippen molar-refractivity contribution in [2.45, 2.75) is 13.0 Å². The van der Waals surface area contributed by atoms with Crippen LogP contribution in [0.1, 0.15) is 6.92 Å². The molecule has 4 nitrogen and oxygen atoms in total. The molecule has 0 spiro atoms. The Kier molecular flexibility index (Phi) is 5.32. The molecule has 1 fully saturated rings. The molecule has 1 saturated heterocycles. The Bertz CT molecular complexity index is 160. The van der Waals surface area contributed by atoms with E-state index >= 15 is 0 Å². The maximum Gasteiger partial charge on any atom is 0.332 e. The van der Waals surface area contributed by atoms with Crippen molar-refractivity contribution in [1.82, 2.24) is 0 Å². The Morgan fingerprint density at radius 3 is 2.25 bits per heavy atom. The van der Waals surface area contributed by atoms with Crippen LogP contribution in [-0.4, -0.2) is 32.4 Å². The smallest absolute Gasteiger partial charge is 0.332 e. The van der Waals surface area contributed by atoms with Crippen molar-refractivity contribution in [2.24, 2.45) is 0 Å². The first-order valence-corrected chi connectivity index (χ1v) is 3.55. The fraction of sp³-hybridized carbons (Fsp3) is 0.625. The van der Waals surface area contributed by atoms with Crippen molar-refractivity contribution in [2.75, 3.05) is 20.3 Å². The van der Waals surface area contributed by atoms with Crippen LogP contribution in [0.3, 0.4) is 0 Å². The van der Waals surface area contributed by atoms with Gasteiger partial charge in [-0.2, -0.15) is 0 Å². The van der Waals surface area contributed by atoms with E-state index in [1.54, 1.807) is 6.92 Å². The first-order valence-electron chi connectivity index (χ1n) is 3.55. The Hall–Kier alpha value is -0.870. The molecule has 1 unspecified atom stereocenters.